The minimum absolute atomic E-state index is 0.262. The minimum Gasteiger partial charge on any atom is -0.454 e. The fourth-order valence-electron chi connectivity index (χ4n) is 4.87. The van der Waals surface area contributed by atoms with Crippen molar-refractivity contribution in [2.45, 2.75) is 13.0 Å². The molecule has 0 saturated carbocycles. The Bertz CT molecular complexity index is 1530. The Kier molecular flexibility index (Phi) is 3.73. The summed E-state index contributed by atoms with van der Waals surface area (Å²) in [6.45, 7) is 1.37. The van der Waals surface area contributed by atoms with Gasteiger partial charge in [-0.1, -0.05) is 36.4 Å². The predicted molar refractivity (Wildman–Crippen MR) is 122 cm³/mol. The second-order valence-electron chi connectivity index (χ2n) is 8.21. The normalized spacial score (nSPS) is 14.0. The molecule has 2 aliphatic rings. The molecule has 0 N–H and O–H groups in total. The van der Waals surface area contributed by atoms with Gasteiger partial charge in [-0.15, -0.1) is 0 Å². The van der Waals surface area contributed by atoms with E-state index in [0.29, 0.717) is 0 Å². The highest BCUT2D eigenvalue weighted by Gasteiger charge is 2.25. The number of pyridine rings is 1. The Morgan fingerprint density at radius 2 is 1.44 bits per heavy atom. The van der Waals surface area contributed by atoms with Crippen LogP contribution in [0.15, 0.2) is 72.9 Å². The maximum atomic E-state index is 5.85. The maximum absolute atomic E-state index is 5.85. The second-order valence-corrected chi connectivity index (χ2v) is 8.21. The van der Waals surface area contributed by atoms with Crippen LogP contribution in [0, 0.1) is 0 Å². The standard InChI is InChI=1S/C27H20NO4/c1-2-4-17(5-3-1)10-11-28-14-22-19(8-9-23-27(22)32-16-29-23)20-7-6-18-12-24-25(31-15-30-24)13-21(18)26(20)28/h1-9,12-14H,10-11,15-16H2/q+1. The highest BCUT2D eigenvalue weighted by atomic mass is 16.7. The number of nitrogens with zero attached hydrogens (tertiary/aromatic N) is 1. The first-order valence-corrected chi connectivity index (χ1v) is 10.8. The summed E-state index contributed by atoms with van der Waals surface area (Å²) in [6, 6.07) is 23.3. The van der Waals surface area contributed by atoms with Gasteiger partial charge < -0.3 is 18.9 Å². The van der Waals surface area contributed by atoms with Crippen LogP contribution in [0.3, 0.4) is 0 Å². The summed E-state index contributed by atoms with van der Waals surface area (Å²) in [5.74, 6) is 3.22. The summed E-state index contributed by atoms with van der Waals surface area (Å²) in [5.41, 5.74) is 2.49. The average molecular weight is 422 g/mol. The van der Waals surface area contributed by atoms with E-state index in [9.17, 15) is 0 Å². The monoisotopic (exact) mass is 422 g/mol. The first-order valence-electron chi connectivity index (χ1n) is 10.8. The van der Waals surface area contributed by atoms with E-state index in [1.807, 2.05) is 6.07 Å². The van der Waals surface area contributed by atoms with Crippen LogP contribution >= 0.6 is 0 Å². The summed E-state index contributed by atoms with van der Waals surface area (Å²) in [7, 11) is 0. The van der Waals surface area contributed by atoms with Gasteiger partial charge in [0.25, 0.3) is 0 Å². The van der Waals surface area contributed by atoms with Crippen molar-refractivity contribution in [2.75, 3.05) is 13.6 Å². The average Bonchev–Trinajstić information content (AvgIpc) is 3.50. The van der Waals surface area contributed by atoms with Crippen molar-refractivity contribution in [3.8, 4) is 23.0 Å². The Labute approximate surface area is 184 Å². The van der Waals surface area contributed by atoms with Crippen LogP contribution in [0.1, 0.15) is 5.56 Å². The summed E-state index contributed by atoms with van der Waals surface area (Å²) in [4.78, 5) is 0. The molecule has 0 fully saturated rings. The molecule has 7 rings (SSSR count). The third-order valence-corrected chi connectivity index (χ3v) is 6.41. The van der Waals surface area contributed by atoms with Crippen LogP contribution in [0.2, 0.25) is 0 Å². The fraction of sp³-hybridized carbons (Fsp3) is 0.148. The summed E-state index contributed by atoms with van der Waals surface area (Å²) in [6.07, 6.45) is 3.14. The van der Waals surface area contributed by atoms with E-state index in [1.165, 1.54) is 16.5 Å². The van der Waals surface area contributed by atoms with Crippen LogP contribution in [0.5, 0.6) is 23.0 Å². The van der Waals surface area contributed by atoms with Crippen molar-refractivity contribution in [3.63, 3.8) is 0 Å². The molecule has 1 aromatic heterocycles. The van der Waals surface area contributed by atoms with Gasteiger partial charge in [0.1, 0.15) is 0 Å². The molecule has 3 heterocycles. The number of hydrogen-bond acceptors (Lipinski definition) is 4. The molecule has 5 heteroatoms. The zero-order valence-corrected chi connectivity index (χ0v) is 17.3. The van der Waals surface area contributed by atoms with E-state index >= 15 is 0 Å². The largest absolute Gasteiger partial charge is 0.454 e. The number of fused-ring (bicyclic) bond motifs is 8. The molecule has 0 radical (unpaired) electrons. The van der Waals surface area contributed by atoms with Gasteiger partial charge in [0.2, 0.25) is 19.1 Å². The van der Waals surface area contributed by atoms with Crippen molar-refractivity contribution >= 4 is 32.4 Å². The summed E-state index contributed by atoms with van der Waals surface area (Å²) in [5, 5.41) is 5.69. The Balaban J connectivity index is 1.52. The summed E-state index contributed by atoms with van der Waals surface area (Å²) < 4.78 is 25.2. The van der Waals surface area contributed by atoms with Crippen molar-refractivity contribution in [3.05, 3.63) is 78.5 Å². The summed E-state index contributed by atoms with van der Waals surface area (Å²) >= 11 is 0. The van der Waals surface area contributed by atoms with Crippen molar-refractivity contribution in [1.82, 2.24) is 0 Å². The van der Waals surface area contributed by atoms with E-state index in [1.54, 1.807) is 0 Å². The van der Waals surface area contributed by atoms with Crippen molar-refractivity contribution in [1.29, 1.82) is 0 Å². The van der Waals surface area contributed by atoms with Crippen LogP contribution in [0.25, 0.3) is 32.4 Å². The molecule has 0 bridgehead atoms. The topological polar surface area (TPSA) is 40.8 Å². The first-order chi connectivity index (χ1) is 15.8. The molecule has 0 spiro atoms. The lowest BCUT2D eigenvalue weighted by Gasteiger charge is -2.10. The van der Waals surface area contributed by atoms with Gasteiger partial charge in [0.15, 0.2) is 35.7 Å². The molecule has 32 heavy (non-hydrogen) atoms. The Morgan fingerprint density at radius 3 is 2.34 bits per heavy atom. The van der Waals surface area contributed by atoms with Gasteiger partial charge in [-0.05, 0) is 41.3 Å². The molecule has 0 saturated heterocycles. The number of rotatable bonds is 3. The highest BCUT2D eigenvalue weighted by molar-refractivity contribution is 6.15. The number of aromatic nitrogens is 1. The highest BCUT2D eigenvalue weighted by Crippen LogP contribution is 2.43. The fourth-order valence-corrected chi connectivity index (χ4v) is 4.87. The third kappa shape index (κ3) is 2.61. The van der Waals surface area contributed by atoms with Crippen LogP contribution in [-0.4, -0.2) is 13.6 Å². The molecule has 5 aromatic rings. The lowest BCUT2D eigenvalue weighted by atomic mass is 9.99. The molecular weight excluding hydrogens is 402 g/mol. The lowest BCUT2D eigenvalue weighted by Crippen LogP contribution is -2.35. The smallest absolute Gasteiger partial charge is 0.231 e. The SMILES string of the molecule is c1ccc(CC[n+]2cc3c4c(ccc3c3ccc5cc6c(cc5c32)OCO6)OCO4)cc1. The van der Waals surface area contributed by atoms with E-state index in [2.05, 4.69) is 71.4 Å². The van der Waals surface area contributed by atoms with Crippen molar-refractivity contribution < 1.29 is 23.5 Å². The minimum atomic E-state index is 0.262. The molecule has 0 aliphatic carbocycles. The quantitative estimate of drug-likeness (QED) is 0.298. The van der Waals surface area contributed by atoms with Crippen LogP contribution in [0.4, 0.5) is 0 Å². The van der Waals surface area contributed by atoms with Gasteiger partial charge in [0.05, 0.1) is 16.2 Å². The van der Waals surface area contributed by atoms with Gasteiger partial charge in [-0.2, -0.15) is 4.57 Å². The molecule has 4 aromatic carbocycles. The van der Waals surface area contributed by atoms with E-state index < -0.39 is 0 Å². The van der Waals surface area contributed by atoms with Gasteiger partial charge in [-0.25, -0.2) is 0 Å². The zero-order valence-electron chi connectivity index (χ0n) is 17.3. The predicted octanol–water partition coefficient (Wildman–Crippen LogP) is 5.13. The van der Waals surface area contributed by atoms with Gasteiger partial charge in [0, 0.05) is 11.8 Å². The van der Waals surface area contributed by atoms with Crippen LogP contribution in [-0.2, 0) is 13.0 Å². The molecular formula is C27H20NO4+. The molecule has 156 valence electrons. The van der Waals surface area contributed by atoms with Crippen LogP contribution < -0.4 is 23.5 Å². The van der Waals surface area contributed by atoms with E-state index in [0.717, 1.165) is 57.5 Å². The van der Waals surface area contributed by atoms with Crippen molar-refractivity contribution in [2.24, 2.45) is 0 Å². The van der Waals surface area contributed by atoms with Gasteiger partial charge in [-0.3, -0.25) is 0 Å². The second kappa shape index (κ2) is 6.76. The zero-order chi connectivity index (χ0) is 21.1. The molecule has 0 amide bonds. The Hall–Kier alpha value is -3.99. The maximum Gasteiger partial charge on any atom is 0.231 e. The van der Waals surface area contributed by atoms with E-state index in [-0.39, 0.29) is 13.6 Å². The lowest BCUT2D eigenvalue weighted by molar-refractivity contribution is -0.668. The molecule has 5 nitrogen and oxygen atoms in total. The Morgan fingerprint density at radius 1 is 0.656 bits per heavy atom. The molecule has 0 unspecified atom stereocenters. The number of ether oxygens (including phenoxy) is 4. The van der Waals surface area contributed by atoms with Gasteiger partial charge >= 0.3 is 0 Å². The molecule has 2 aliphatic heterocycles. The molecule has 0 atom stereocenters. The first kappa shape index (κ1) is 17.7. The third-order valence-electron chi connectivity index (χ3n) is 6.41. The number of benzene rings is 4. The number of hydrogen-bond donors (Lipinski definition) is 0. The van der Waals surface area contributed by atoms with E-state index in [4.69, 9.17) is 18.9 Å². The number of aryl methyl sites for hydroxylation is 2.